The summed E-state index contributed by atoms with van der Waals surface area (Å²) >= 11 is 0. The van der Waals surface area contributed by atoms with Gasteiger partial charge in [-0.05, 0) is 25.3 Å². The van der Waals surface area contributed by atoms with Crippen LogP contribution in [0.1, 0.15) is 39.0 Å². The van der Waals surface area contributed by atoms with E-state index < -0.39 is 6.10 Å². The molecule has 5 atom stereocenters. The lowest BCUT2D eigenvalue weighted by molar-refractivity contribution is -0.151. The number of nitriles is 1. The number of nitrogens with zero attached hydrogens (tertiary/aromatic N) is 1. The van der Waals surface area contributed by atoms with Crippen LogP contribution in [-0.4, -0.2) is 36.5 Å². The van der Waals surface area contributed by atoms with E-state index in [9.17, 15) is 4.79 Å². The van der Waals surface area contributed by atoms with Crippen molar-refractivity contribution in [3.63, 3.8) is 0 Å². The third kappa shape index (κ3) is 3.59. The number of hydrogen-bond donors (Lipinski definition) is 0. The van der Waals surface area contributed by atoms with Crippen LogP contribution >= 0.6 is 0 Å². The van der Waals surface area contributed by atoms with Crippen LogP contribution in [0.25, 0.3) is 0 Å². The Hall–Kier alpha value is -1.38. The minimum Gasteiger partial charge on any atom is -0.456 e. The Bertz CT molecular complexity index is 403. The molecule has 0 N–H and O–H groups in total. The molecule has 20 heavy (non-hydrogen) atoms. The quantitative estimate of drug-likeness (QED) is 0.569. The molecule has 0 amide bonds. The van der Waals surface area contributed by atoms with E-state index in [4.69, 9.17) is 19.5 Å². The van der Waals surface area contributed by atoms with Crippen molar-refractivity contribution in [1.29, 1.82) is 5.26 Å². The van der Waals surface area contributed by atoms with E-state index >= 15 is 0 Å². The van der Waals surface area contributed by atoms with E-state index in [-0.39, 0.29) is 30.4 Å². The fraction of sp³-hybridized carbons (Fsp3) is 0.733. The monoisotopic (exact) mass is 279 g/mol. The van der Waals surface area contributed by atoms with Gasteiger partial charge in [0.15, 0.2) is 0 Å². The van der Waals surface area contributed by atoms with Gasteiger partial charge in [0.05, 0.1) is 24.4 Å². The van der Waals surface area contributed by atoms with Gasteiger partial charge in [0, 0.05) is 19.8 Å². The third-order valence-electron chi connectivity index (χ3n) is 3.85. The highest BCUT2D eigenvalue weighted by atomic mass is 16.6. The highest BCUT2D eigenvalue weighted by Gasteiger charge is 2.43. The molecule has 2 aliphatic rings. The van der Waals surface area contributed by atoms with Crippen molar-refractivity contribution in [2.45, 2.75) is 69.5 Å². The Morgan fingerprint density at radius 2 is 2.30 bits per heavy atom. The Morgan fingerprint density at radius 3 is 2.95 bits per heavy atom. The Morgan fingerprint density at radius 1 is 1.50 bits per heavy atom. The number of carbonyl (C=O) groups excluding carboxylic acids is 1. The summed E-state index contributed by atoms with van der Waals surface area (Å²) in [6.07, 6.45) is 5.12. The molecule has 2 heterocycles. The summed E-state index contributed by atoms with van der Waals surface area (Å²) in [5.41, 5.74) is 0. The van der Waals surface area contributed by atoms with Gasteiger partial charge in [-0.2, -0.15) is 5.26 Å². The largest absolute Gasteiger partial charge is 0.456 e. The lowest BCUT2D eigenvalue weighted by Gasteiger charge is -2.31. The van der Waals surface area contributed by atoms with Crippen LogP contribution < -0.4 is 0 Å². The SMILES string of the molecule is C=C[C@@H](OC(C)=O)[C@H]1C[C@@H]2O[C@@H](CCC#N)CC[C@@H]2O1. The van der Waals surface area contributed by atoms with Crippen molar-refractivity contribution in [2.24, 2.45) is 0 Å². The molecule has 0 spiro atoms. The van der Waals surface area contributed by atoms with Crippen LogP contribution in [0.4, 0.5) is 0 Å². The van der Waals surface area contributed by atoms with E-state index in [1.165, 1.54) is 6.92 Å². The van der Waals surface area contributed by atoms with Crippen molar-refractivity contribution >= 4 is 5.97 Å². The lowest BCUT2D eigenvalue weighted by Crippen LogP contribution is -2.35. The number of fused-ring (bicyclic) bond motifs is 1. The predicted molar refractivity (Wildman–Crippen MR) is 71.8 cm³/mol. The maximum atomic E-state index is 11.1. The smallest absolute Gasteiger partial charge is 0.303 e. The van der Waals surface area contributed by atoms with Crippen molar-refractivity contribution in [3.8, 4) is 6.07 Å². The minimum absolute atomic E-state index is 0.0375. The average Bonchev–Trinajstić information content (AvgIpc) is 2.85. The molecule has 110 valence electrons. The molecule has 5 heteroatoms. The first-order chi connectivity index (χ1) is 9.63. The molecule has 0 aromatic rings. The van der Waals surface area contributed by atoms with Crippen molar-refractivity contribution in [1.82, 2.24) is 0 Å². The summed E-state index contributed by atoms with van der Waals surface area (Å²) in [7, 11) is 0. The Kier molecular flexibility index (Phi) is 5.16. The molecule has 0 bridgehead atoms. The molecule has 5 nitrogen and oxygen atoms in total. The number of ether oxygens (including phenoxy) is 3. The standard InChI is InChI=1S/C15H21NO4/c1-3-12(18-10(2)17)14-9-15-13(20-14)7-6-11(19-15)5-4-8-16/h3,11-15H,1,4-7,9H2,2H3/t11-,12+,13-,14+,15-/m0/s1. The number of rotatable bonds is 5. The zero-order valence-electron chi connectivity index (χ0n) is 11.8. The summed E-state index contributed by atoms with van der Waals surface area (Å²) < 4.78 is 17.1. The van der Waals surface area contributed by atoms with Crippen LogP contribution in [0.5, 0.6) is 0 Å². The fourth-order valence-corrected chi connectivity index (χ4v) is 2.93. The second-order valence-electron chi connectivity index (χ2n) is 5.33. The summed E-state index contributed by atoms with van der Waals surface area (Å²) in [4.78, 5) is 11.1. The maximum Gasteiger partial charge on any atom is 0.303 e. The van der Waals surface area contributed by atoms with Gasteiger partial charge in [0.2, 0.25) is 0 Å². The van der Waals surface area contributed by atoms with E-state index in [0.29, 0.717) is 12.8 Å². The molecule has 0 radical (unpaired) electrons. The Balaban J connectivity index is 1.89. The molecule has 2 fully saturated rings. The van der Waals surface area contributed by atoms with Crippen LogP contribution in [-0.2, 0) is 19.0 Å². The zero-order chi connectivity index (χ0) is 14.5. The van der Waals surface area contributed by atoms with Crippen molar-refractivity contribution in [3.05, 3.63) is 12.7 Å². The molecule has 2 rings (SSSR count). The first kappa shape index (κ1) is 15.0. The van der Waals surface area contributed by atoms with Gasteiger partial charge >= 0.3 is 5.97 Å². The molecule has 0 aromatic carbocycles. The topological polar surface area (TPSA) is 68.5 Å². The summed E-state index contributed by atoms with van der Waals surface area (Å²) in [6.45, 7) is 5.08. The second kappa shape index (κ2) is 6.87. The molecule has 0 saturated carbocycles. The minimum atomic E-state index is -0.417. The molecular formula is C15H21NO4. The average molecular weight is 279 g/mol. The first-order valence-corrected chi connectivity index (χ1v) is 7.11. The molecular weight excluding hydrogens is 258 g/mol. The lowest BCUT2D eigenvalue weighted by atomic mass is 9.97. The maximum absolute atomic E-state index is 11.1. The van der Waals surface area contributed by atoms with Crippen molar-refractivity contribution < 1.29 is 19.0 Å². The van der Waals surface area contributed by atoms with E-state index in [1.54, 1.807) is 6.08 Å². The molecule has 2 aliphatic heterocycles. The highest BCUT2D eigenvalue weighted by molar-refractivity contribution is 5.66. The second-order valence-corrected chi connectivity index (χ2v) is 5.33. The summed E-state index contributed by atoms with van der Waals surface area (Å²) in [6, 6.07) is 2.15. The first-order valence-electron chi connectivity index (χ1n) is 7.11. The van der Waals surface area contributed by atoms with E-state index in [2.05, 4.69) is 12.6 Å². The molecule has 0 aromatic heterocycles. The van der Waals surface area contributed by atoms with Crippen molar-refractivity contribution in [2.75, 3.05) is 0 Å². The van der Waals surface area contributed by atoms with Crippen LogP contribution in [0.15, 0.2) is 12.7 Å². The van der Waals surface area contributed by atoms with Gasteiger partial charge in [-0.1, -0.05) is 6.58 Å². The van der Waals surface area contributed by atoms with Gasteiger partial charge in [-0.3, -0.25) is 4.79 Å². The van der Waals surface area contributed by atoms with Gasteiger partial charge in [-0.25, -0.2) is 0 Å². The number of esters is 1. The molecule has 0 unspecified atom stereocenters. The van der Waals surface area contributed by atoms with Gasteiger partial charge in [0.25, 0.3) is 0 Å². The van der Waals surface area contributed by atoms with Crippen LogP contribution in [0.3, 0.4) is 0 Å². The number of carbonyl (C=O) groups is 1. The zero-order valence-corrected chi connectivity index (χ0v) is 11.8. The summed E-state index contributed by atoms with van der Waals surface area (Å²) in [5, 5.41) is 8.63. The normalized spacial score (nSPS) is 33.8. The predicted octanol–water partition coefficient (Wildman–Crippen LogP) is 2.11. The van der Waals surface area contributed by atoms with Gasteiger partial charge in [0.1, 0.15) is 12.2 Å². The molecule has 2 saturated heterocycles. The van der Waals surface area contributed by atoms with Crippen LogP contribution in [0, 0.1) is 11.3 Å². The van der Waals surface area contributed by atoms with Gasteiger partial charge in [-0.15, -0.1) is 0 Å². The highest BCUT2D eigenvalue weighted by Crippen LogP contribution is 2.35. The fourth-order valence-electron chi connectivity index (χ4n) is 2.93. The van der Waals surface area contributed by atoms with Gasteiger partial charge < -0.3 is 14.2 Å². The van der Waals surface area contributed by atoms with E-state index in [1.807, 2.05) is 0 Å². The van der Waals surface area contributed by atoms with Crippen LogP contribution in [0.2, 0.25) is 0 Å². The number of hydrogen-bond acceptors (Lipinski definition) is 5. The summed E-state index contributed by atoms with van der Waals surface area (Å²) in [5.74, 6) is -0.332. The molecule has 0 aliphatic carbocycles. The Labute approximate surface area is 119 Å². The van der Waals surface area contributed by atoms with E-state index in [0.717, 1.165) is 19.3 Å². The third-order valence-corrected chi connectivity index (χ3v) is 3.85.